The molecule has 3 aromatic rings. The highest BCUT2D eigenvalue weighted by Crippen LogP contribution is 2.29. The predicted octanol–water partition coefficient (Wildman–Crippen LogP) is 2.35. The molecule has 6 nitrogen and oxygen atoms in total. The Hall–Kier alpha value is -2.73. The Bertz CT molecular complexity index is 881. The maximum absolute atomic E-state index is 12.7. The Labute approximate surface area is 152 Å². The highest BCUT2D eigenvalue weighted by Gasteiger charge is 2.24. The molecule has 0 radical (unpaired) electrons. The number of carbonyl (C=O) groups is 1. The Morgan fingerprint density at radius 2 is 2.12 bits per heavy atom. The molecule has 0 spiro atoms. The Balaban J connectivity index is 1.78. The summed E-state index contributed by atoms with van der Waals surface area (Å²) in [5, 5.41) is 3.86. The molecule has 0 aliphatic carbocycles. The number of benzene rings is 1. The summed E-state index contributed by atoms with van der Waals surface area (Å²) in [6, 6.07) is 9.39. The van der Waals surface area contributed by atoms with Crippen LogP contribution in [0.3, 0.4) is 0 Å². The summed E-state index contributed by atoms with van der Waals surface area (Å²) in [6.45, 7) is 4.87. The quantitative estimate of drug-likeness (QED) is 0.681. The van der Waals surface area contributed by atoms with E-state index in [2.05, 4.69) is 5.32 Å². The molecule has 1 atom stereocenters. The molecule has 0 saturated heterocycles. The smallest absolute Gasteiger partial charge is 0.287 e. The molecule has 0 aliphatic heterocycles. The van der Waals surface area contributed by atoms with Gasteiger partial charge in [-0.1, -0.05) is 0 Å². The van der Waals surface area contributed by atoms with Crippen LogP contribution in [0.4, 0.5) is 0 Å². The average molecular weight is 357 g/mol. The number of amides is 1. The van der Waals surface area contributed by atoms with Crippen LogP contribution in [0.1, 0.15) is 34.8 Å². The van der Waals surface area contributed by atoms with Gasteiger partial charge in [0.05, 0.1) is 33.5 Å². The van der Waals surface area contributed by atoms with Gasteiger partial charge in [0.15, 0.2) is 17.6 Å². The molecule has 2 N–H and O–H groups in total. The molecule has 0 aliphatic rings. The Morgan fingerprint density at radius 1 is 1.31 bits per heavy atom. The van der Waals surface area contributed by atoms with Crippen molar-refractivity contribution in [2.45, 2.75) is 19.9 Å². The number of rotatable bonds is 7. The zero-order valence-electron chi connectivity index (χ0n) is 15.6. The van der Waals surface area contributed by atoms with E-state index < -0.39 is 0 Å². The Kier molecular flexibility index (Phi) is 5.32. The van der Waals surface area contributed by atoms with E-state index >= 15 is 0 Å². The summed E-state index contributed by atoms with van der Waals surface area (Å²) in [5.41, 5.74) is 1.49. The van der Waals surface area contributed by atoms with Crippen LogP contribution in [0.2, 0.25) is 0 Å². The second-order valence-corrected chi connectivity index (χ2v) is 6.50. The minimum absolute atomic E-state index is 0.0307. The van der Waals surface area contributed by atoms with E-state index in [1.807, 2.05) is 58.3 Å². The number of ether oxygens (including phenoxy) is 1. The zero-order valence-corrected chi connectivity index (χ0v) is 15.6. The van der Waals surface area contributed by atoms with E-state index in [1.165, 1.54) is 4.90 Å². The number of hydrogen-bond donors (Lipinski definition) is 2. The van der Waals surface area contributed by atoms with Gasteiger partial charge < -0.3 is 23.8 Å². The number of aryl methyl sites for hydroxylation is 1. The van der Waals surface area contributed by atoms with E-state index in [0.29, 0.717) is 24.5 Å². The normalized spacial score (nSPS) is 12.5. The number of hydrogen-bond acceptors (Lipinski definition) is 4. The third-order valence-electron chi connectivity index (χ3n) is 4.48. The molecule has 2 heterocycles. The molecule has 138 valence electrons. The molecule has 0 unspecified atom stereocenters. The van der Waals surface area contributed by atoms with Crippen LogP contribution in [-0.4, -0.2) is 33.2 Å². The predicted molar refractivity (Wildman–Crippen MR) is 98.7 cm³/mol. The zero-order chi connectivity index (χ0) is 18.7. The third-order valence-corrected chi connectivity index (χ3v) is 4.48. The molecule has 1 aromatic carbocycles. The largest absolute Gasteiger partial charge is 0.494 e. The van der Waals surface area contributed by atoms with Gasteiger partial charge in [-0.3, -0.25) is 4.79 Å². The van der Waals surface area contributed by atoms with Crippen molar-refractivity contribution in [3.8, 4) is 5.75 Å². The van der Waals surface area contributed by atoms with Crippen LogP contribution in [0, 0.1) is 6.92 Å². The molecular formula is C20H25N2O4+. The average Bonchev–Trinajstić information content (AvgIpc) is 3.24. The molecule has 26 heavy (non-hydrogen) atoms. The van der Waals surface area contributed by atoms with Gasteiger partial charge in [-0.15, -0.1) is 0 Å². The molecule has 0 fully saturated rings. The van der Waals surface area contributed by atoms with Gasteiger partial charge in [-0.2, -0.15) is 0 Å². The second-order valence-electron chi connectivity index (χ2n) is 6.50. The number of carbonyl (C=O) groups excluding carboxylic acids is 1. The van der Waals surface area contributed by atoms with Gasteiger partial charge in [0.25, 0.3) is 5.91 Å². The van der Waals surface area contributed by atoms with Crippen LogP contribution >= 0.6 is 0 Å². The molecule has 3 rings (SSSR count). The summed E-state index contributed by atoms with van der Waals surface area (Å²) >= 11 is 0. The highest BCUT2D eigenvalue weighted by molar-refractivity contribution is 5.99. The van der Waals surface area contributed by atoms with Crippen LogP contribution in [-0.2, 0) is 0 Å². The van der Waals surface area contributed by atoms with Crippen molar-refractivity contribution in [3.63, 3.8) is 0 Å². The van der Waals surface area contributed by atoms with Gasteiger partial charge in [-0.25, -0.2) is 0 Å². The summed E-state index contributed by atoms with van der Waals surface area (Å²) in [7, 11) is 4.06. The number of nitrogens with one attached hydrogen (secondary N) is 2. The van der Waals surface area contributed by atoms with E-state index in [1.54, 1.807) is 6.26 Å². The first-order chi connectivity index (χ1) is 12.5. The monoisotopic (exact) mass is 357 g/mol. The standard InChI is InChI=1S/C20H24N2O4/c1-5-24-14-8-9-17-15(11-14)13(2)19(26-17)20(23)21-12-16(22(3)4)18-7-6-10-25-18/h6-11,16H,5,12H2,1-4H3,(H,21,23)/p+1/t16-/m0/s1. The topological polar surface area (TPSA) is 69.0 Å². The molecule has 6 heteroatoms. The lowest BCUT2D eigenvalue weighted by Crippen LogP contribution is -3.07. The minimum Gasteiger partial charge on any atom is -0.494 e. The molecule has 0 saturated carbocycles. The number of quaternary nitrogens is 1. The fourth-order valence-electron chi connectivity index (χ4n) is 3.03. The minimum atomic E-state index is -0.227. The number of likely N-dealkylation sites (N-methyl/N-ethyl adjacent to an activating group) is 1. The maximum Gasteiger partial charge on any atom is 0.287 e. The third kappa shape index (κ3) is 3.60. The van der Waals surface area contributed by atoms with Crippen LogP contribution in [0.25, 0.3) is 11.0 Å². The molecule has 1 amide bonds. The van der Waals surface area contributed by atoms with Crippen molar-refractivity contribution in [2.24, 2.45) is 0 Å². The molecule has 2 aromatic heterocycles. The van der Waals surface area contributed by atoms with E-state index in [9.17, 15) is 4.79 Å². The Morgan fingerprint density at radius 3 is 2.77 bits per heavy atom. The van der Waals surface area contributed by atoms with Crippen LogP contribution in [0.15, 0.2) is 45.4 Å². The van der Waals surface area contributed by atoms with Gasteiger partial charge in [0.2, 0.25) is 0 Å². The SMILES string of the molecule is CCOc1ccc2oc(C(=O)NC[C@@H](c3ccco3)[NH+](C)C)c(C)c2c1. The number of fused-ring (bicyclic) bond motifs is 1. The fraction of sp³-hybridized carbons (Fsp3) is 0.350. The van der Waals surface area contributed by atoms with Crippen molar-refractivity contribution in [1.82, 2.24) is 5.32 Å². The lowest BCUT2D eigenvalue weighted by molar-refractivity contribution is -0.891. The van der Waals surface area contributed by atoms with Gasteiger partial charge in [0.1, 0.15) is 11.3 Å². The van der Waals surface area contributed by atoms with E-state index in [-0.39, 0.29) is 11.9 Å². The lowest BCUT2D eigenvalue weighted by atomic mass is 10.1. The van der Waals surface area contributed by atoms with Crippen molar-refractivity contribution in [1.29, 1.82) is 0 Å². The fourth-order valence-corrected chi connectivity index (χ4v) is 3.03. The van der Waals surface area contributed by atoms with Gasteiger partial charge >= 0.3 is 0 Å². The molecule has 0 bridgehead atoms. The second kappa shape index (κ2) is 7.66. The first kappa shape index (κ1) is 18.1. The van der Waals surface area contributed by atoms with Crippen molar-refractivity contribution in [2.75, 3.05) is 27.2 Å². The maximum atomic E-state index is 12.7. The summed E-state index contributed by atoms with van der Waals surface area (Å²) in [4.78, 5) is 13.8. The van der Waals surface area contributed by atoms with Crippen molar-refractivity contribution < 1.29 is 23.3 Å². The first-order valence-electron chi connectivity index (χ1n) is 8.78. The summed E-state index contributed by atoms with van der Waals surface area (Å²) in [5.74, 6) is 1.72. The molecular weight excluding hydrogens is 332 g/mol. The van der Waals surface area contributed by atoms with Crippen molar-refractivity contribution >= 4 is 16.9 Å². The van der Waals surface area contributed by atoms with E-state index in [4.69, 9.17) is 13.6 Å². The van der Waals surface area contributed by atoms with Crippen molar-refractivity contribution in [3.05, 3.63) is 53.7 Å². The first-order valence-corrected chi connectivity index (χ1v) is 8.78. The lowest BCUT2D eigenvalue weighted by Gasteiger charge is -2.19. The van der Waals surface area contributed by atoms with E-state index in [0.717, 1.165) is 22.5 Å². The summed E-state index contributed by atoms with van der Waals surface area (Å²) in [6.07, 6.45) is 1.65. The highest BCUT2D eigenvalue weighted by atomic mass is 16.5. The van der Waals surface area contributed by atoms with Crippen LogP contribution < -0.4 is 15.0 Å². The van der Waals surface area contributed by atoms with Gasteiger partial charge in [-0.05, 0) is 44.2 Å². The van der Waals surface area contributed by atoms with Gasteiger partial charge in [0, 0.05) is 10.9 Å². The van der Waals surface area contributed by atoms with Crippen LogP contribution in [0.5, 0.6) is 5.75 Å². The summed E-state index contributed by atoms with van der Waals surface area (Å²) < 4.78 is 16.8. The number of furan rings is 2.